The van der Waals surface area contributed by atoms with Crippen molar-refractivity contribution in [3.63, 3.8) is 0 Å². The van der Waals surface area contributed by atoms with Crippen molar-refractivity contribution in [2.45, 2.75) is 25.8 Å². The molecule has 0 aliphatic rings. The van der Waals surface area contributed by atoms with Crippen LogP contribution in [-0.2, 0) is 6.42 Å². The minimum Gasteiger partial charge on any atom is -0.456 e. The van der Waals surface area contributed by atoms with Gasteiger partial charge >= 0.3 is 0 Å². The summed E-state index contributed by atoms with van der Waals surface area (Å²) in [5.74, 6) is 1.62. The predicted octanol–water partition coefficient (Wildman–Crippen LogP) is 6.05. The number of benzene rings is 2. The van der Waals surface area contributed by atoms with E-state index in [9.17, 15) is 0 Å². The Balaban J connectivity index is 2.30. The van der Waals surface area contributed by atoms with Crippen molar-refractivity contribution >= 4 is 47.8 Å². The number of hydrogen-bond acceptors (Lipinski definition) is 2. The zero-order valence-corrected chi connectivity index (χ0v) is 16.3. The summed E-state index contributed by atoms with van der Waals surface area (Å²) in [4.78, 5) is 0. The summed E-state index contributed by atoms with van der Waals surface area (Å²) in [5.41, 5.74) is 7.19. The van der Waals surface area contributed by atoms with Gasteiger partial charge in [0.2, 0.25) is 0 Å². The number of nitrogens with two attached hydrogens (primary N) is 1. The van der Waals surface area contributed by atoms with Crippen LogP contribution >= 0.6 is 47.8 Å². The van der Waals surface area contributed by atoms with E-state index >= 15 is 0 Å². The number of rotatable bonds is 5. The molecule has 1 unspecified atom stereocenters. The van der Waals surface area contributed by atoms with Gasteiger partial charge in [-0.1, -0.05) is 38.8 Å². The van der Waals surface area contributed by atoms with Crippen molar-refractivity contribution in [3.05, 3.63) is 55.4 Å². The normalized spacial score (nSPS) is 12.2. The summed E-state index contributed by atoms with van der Waals surface area (Å²) >= 11 is 10.5. The van der Waals surface area contributed by atoms with Crippen LogP contribution in [0.3, 0.4) is 0 Å². The highest BCUT2D eigenvalue weighted by molar-refractivity contribution is 9.11. The molecule has 0 bridgehead atoms. The summed E-state index contributed by atoms with van der Waals surface area (Å²) in [7, 11) is 0. The molecule has 0 saturated carbocycles. The molecule has 0 heterocycles. The third kappa shape index (κ3) is 4.81. The van der Waals surface area contributed by atoms with Crippen LogP contribution in [0.1, 0.15) is 18.9 Å². The van der Waals surface area contributed by atoms with Crippen LogP contribution in [0.15, 0.2) is 49.8 Å². The quantitative estimate of drug-likeness (QED) is 0.569. The van der Waals surface area contributed by atoms with E-state index in [1.54, 1.807) is 0 Å². The second-order valence-corrected chi connectivity index (χ2v) is 7.49. The Labute approximate surface area is 150 Å². The van der Waals surface area contributed by atoms with Gasteiger partial charge in [0.25, 0.3) is 0 Å². The smallest absolute Gasteiger partial charge is 0.141 e. The maximum absolute atomic E-state index is 6.08. The van der Waals surface area contributed by atoms with E-state index in [2.05, 4.69) is 60.8 Å². The van der Waals surface area contributed by atoms with Gasteiger partial charge in [-0.05, 0) is 70.7 Å². The Bertz CT molecular complexity index is 631. The molecule has 21 heavy (non-hydrogen) atoms. The molecule has 0 spiro atoms. The van der Waals surface area contributed by atoms with Crippen molar-refractivity contribution < 1.29 is 4.74 Å². The molecule has 2 nitrogen and oxygen atoms in total. The van der Waals surface area contributed by atoms with E-state index in [0.29, 0.717) is 0 Å². The monoisotopic (exact) mass is 475 g/mol. The molecule has 1 atom stereocenters. The summed E-state index contributed by atoms with van der Waals surface area (Å²) in [6.45, 7) is 2.09. The minimum absolute atomic E-state index is 0.134. The van der Waals surface area contributed by atoms with E-state index < -0.39 is 0 Å². The lowest BCUT2D eigenvalue weighted by molar-refractivity contribution is 0.469. The van der Waals surface area contributed by atoms with Crippen molar-refractivity contribution in [3.8, 4) is 11.5 Å². The average Bonchev–Trinajstić information content (AvgIpc) is 2.44. The molecule has 0 amide bonds. The van der Waals surface area contributed by atoms with Crippen LogP contribution in [-0.4, -0.2) is 6.04 Å². The summed E-state index contributed by atoms with van der Waals surface area (Å²) in [5, 5.41) is 0. The van der Waals surface area contributed by atoms with Crippen molar-refractivity contribution in [1.29, 1.82) is 0 Å². The average molecular weight is 478 g/mol. The molecule has 0 aromatic heterocycles. The number of hydrogen-bond donors (Lipinski definition) is 1. The molecule has 2 aromatic rings. The molecule has 0 saturated heterocycles. The van der Waals surface area contributed by atoms with Gasteiger partial charge in [0.15, 0.2) is 0 Å². The molecule has 2 N–H and O–H groups in total. The van der Waals surface area contributed by atoms with E-state index in [0.717, 1.165) is 43.3 Å². The zero-order valence-electron chi connectivity index (χ0n) is 11.6. The van der Waals surface area contributed by atoms with E-state index in [4.69, 9.17) is 10.5 Å². The first-order valence-electron chi connectivity index (χ1n) is 6.66. The minimum atomic E-state index is 0.134. The molecule has 5 heteroatoms. The molecule has 0 fully saturated rings. The topological polar surface area (TPSA) is 35.2 Å². The van der Waals surface area contributed by atoms with Gasteiger partial charge in [-0.3, -0.25) is 0 Å². The fourth-order valence-corrected chi connectivity index (χ4v) is 3.45. The van der Waals surface area contributed by atoms with Gasteiger partial charge in [0, 0.05) is 15.0 Å². The summed E-state index contributed by atoms with van der Waals surface area (Å²) in [6.07, 6.45) is 1.73. The standard InChI is InChI=1S/C16H16Br3NO/c1-2-13(20)8-10-7-11(17)3-5-15(10)21-16-6-4-12(18)9-14(16)19/h3-7,9,13H,2,8,20H2,1H3. The lowest BCUT2D eigenvalue weighted by Gasteiger charge is -2.15. The summed E-state index contributed by atoms with van der Waals surface area (Å²) in [6, 6.07) is 12.0. The fraction of sp³-hybridized carbons (Fsp3) is 0.250. The Morgan fingerprint density at radius 1 is 1.00 bits per heavy atom. The largest absolute Gasteiger partial charge is 0.456 e. The van der Waals surface area contributed by atoms with Crippen molar-refractivity contribution in [2.75, 3.05) is 0 Å². The fourth-order valence-electron chi connectivity index (χ4n) is 1.91. The first-order valence-corrected chi connectivity index (χ1v) is 9.04. The molecular formula is C16H16Br3NO. The second kappa shape index (κ2) is 7.77. The van der Waals surface area contributed by atoms with Crippen molar-refractivity contribution in [2.24, 2.45) is 5.73 Å². The van der Waals surface area contributed by atoms with Gasteiger partial charge in [-0.25, -0.2) is 0 Å². The van der Waals surface area contributed by atoms with Crippen LogP contribution < -0.4 is 10.5 Å². The van der Waals surface area contributed by atoms with E-state index in [1.165, 1.54) is 0 Å². The first kappa shape index (κ1) is 17.0. The lowest BCUT2D eigenvalue weighted by atomic mass is 10.0. The molecule has 0 aliphatic heterocycles. The number of halogens is 3. The Kier molecular flexibility index (Phi) is 6.29. The maximum atomic E-state index is 6.08. The van der Waals surface area contributed by atoms with Crippen LogP contribution in [0.4, 0.5) is 0 Å². The third-order valence-corrected chi connectivity index (χ3v) is 4.75. The zero-order chi connectivity index (χ0) is 15.4. The van der Waals surface area contributed by atoms with Crippen molar-refractivity contribution in [1.82, 2.24) is 0 Å². The summed E-state index contributed by atoms with van der Waals surface area (Å²) < 4.78 is 9.00. The van der Waals surface area contributed by atoms with Gasteiger partial charge < -0.3 is 10.5 Å². The first-order chi connectivity index (χ1) is 9.99. The number of ether oxygens (including phenoxy) is 1. The highest BCUT2D eigenvalue weighted by Crippen LogP contribution is 2.34. The maximum Gasteiger partial charge on any atom is 0.141 e. The Hall–Kier alpha value is -0.360. The van der Waals surface area contributed by atoms with E-state index in [1.807, 2.05) is 30.3 Å². The SMILES string of the molecule is CCC(N)Cc1cc(Br)ccc1Oc1ccc(Br)cc1Br. The molecule has 112 valence electrons. The van der Waals surface area contributed by atoms with Gasteiger partial charge in [0.1, 0.15) is 11.5 Å². The lowest BCUT2D eigenvalue weighted by Crippen LogP contribution is -2.21. The van der Waals surface area contributed by atoms with Crippen LogP contribution in [0.2, 0.25) is 0 Å². The highest BCUT2D eigenvalue weighted by atomic mass is 79.9. The Morgan fingerprint density at radius 3 is 2.24 bits per heavy atom. The van der Waals surface area contributed by atoms with Crippen LogP contribution in [0, 0.1) is 0 Å². The molecule has 2 aromatic carbocycles. The van der Waals surface area contributed by atoms with E-state index in [-0.39, 0.29) is 6.04 Å². The molecule has 0 aliphatic carbocycles. The molecule has 0 radical (unpaired) electrons. The molecular weight excluding hydrogens is 462 g/mol. The van der Waals surface area contributed by atoms with Crippen LogP contribution in [0.5, 0.6) is 11.5 Å². The van der Waals surface area contributed by atoms with Crippen LogP contribution in [0.25, 0.3) is 0 Å². The second-order valence-electron chi connectivity index (χ2n) is 4.80. The van der Waals surface area contributed by atoms with Gasteiger partial charge in [-0.15, -0.1) is 0 Å². The molecule has 2 rings (SSSR count). The Morgan fingerprint density at radius 2 is 1.62 bits per heavy atom. The highest BCUT2D eigenvalue weighted by Gasteiger charge is 2.11. The van der Waals surface area contributed by atoms with Gasteiger partial charge in [0.05, 0.1) is 4.47 Å². The predicted molar refractivity (Wildman–Crippen MR) is 98.0 cm³/mol. The van der Waals surface area contributed by atoms with Gasteiger partial charge in [-0.2, -0.15) is 0 Å². The third-order valence-electron chi connectivity index (χ3n) is 3.14.